The predicted octanol–water partition coefficient (Wildman–Crippen LogP) is 1.61. The van der Waals surface area contributed by atoms with E-state index in [0.717, 1.165) is 23.7 Å². The van der Waals surface area contributed by atoms with Crippen molar-refractivity contribution in [1.29, 1.82) is 0 Å². The van der Waals surface area contributed by atoms with Crippen molar-refractivity contribution < 1.29 is 14.3 Å². The molecule has 0 aromatic rings. The second-order valence-electron chi connectivity index (χ2n) is 6.07. The Kier molecular flexibility index (Phi) is 1.78. The Bertz CT molecular complexity index is 340. The lowest BCUT2D eigenvalue weighted by atomic mass is 9.75. The summed E-state index contributed by atoms with van der Waals surface area (Å²) in [6, 6.07) is 0. The lowest BCUT2D eigenvalue weighted by Gasteiger charge is -2.32. The zero-order valence-corrected chi connectivity index (χ0v) is 9.59. The molecular weight excluding hydrogens is 204 g/mol. The molecule has 7 atom stereocenters. The quantitative estimate of drug-likeness (QED) is 0.526. The maximum Gasteiger partial charge on any atom is 0.302 e. The summed E-state index contributed by atoms with van der Waals surface area (Å²) in [7, 11) is 0. The molecule has 4 rings (SSSR count). The lowest BCUT2D eigenvalue weighted by molar-refractivity contribution is -0.143. The van der Waals surface area contributed by atoms with E-state index in [1.165, 1.54) is 26.2 Å². The van der Waals surface area contributed by atoms with E-state index in [0.29, 0.717) is 24.7 Å². The summed E-state index contributed by atoms with van der Waals surface area (Å²) < 4.78 is 10.9. The zero-order valence-electron chi connectivity index (χ0n) is 9.59. The first-order valence-electron chi connectivity index (χ1n) is 6.53. The predicted molar refractivity (Wildman–Crippen MR) is 56.6 cm³/mol. The number of hydrogen-bond acceptors (Lipinski definition) is 3. The van der Waals surface area contributed by atoms with Gasteiger partial charge in [-0.1, -0.05) is 0 Å². The number of fused-ring (bicyclic) bond motifs is 7. The van der Waals surface area contributed by atoms with Crippen LogP contribution in [0.3, 0.4) is 0 Å². The van der Waals surface area contributed by atoms with Crippen molar-refractivity contribution in [2.24, 2.45) is 29.6 Å². The minimum atomic E-state index is -0.133. The van der Waals surface area contributed by atoms with E-state index in [9.17, 15) is 4.79 Å². The van der Waals surface area contributed by atoms with E-state index < -0.39 is 0 Å². The van der Waals surface area contributed by atoms with Gasteiger partial charge >= 0.3 is 5.97 Å². The summed E-state index contributed by atoms with van der Waals surface area (Å²) in [5.41, 5.74) is 0. The molecule has 3 saturated carbocycles. The van der Waals surface area contributed by atoms with Gasteiger partial charge in [0.2, 0.25) is 0 Å². The lowest BCUT2D eigenvalue weighted by Crippen LogP contribution is -2.31. The molecule has 3 nitrogen and oxygen atoms in total. The van der Waals surface area contributed by atoms with E-state index in [1.54, 1.807) is 0 Å². The first-order valence-corrected chi connectivity index (χ1v) is 6.53. The highest BCUT2D eigenvalue weighted by Gasteiger charge is 2.66. The second kappa shape index (κ2) is 3.00. The van der Waals surface area contributed by atoms with Gasteiger partial charge in [0, 0.05) is 6.92 Å². The van der Waals surface area contributed by atoms with Crippen LogP contribution in [-0.2, 0) is 14.3 Å². The number of hydrogen-bond donors (Lipinski definition) is 0. The van der Waals surface area contributed by atoms with Gasteiger partial charge < -0.3 is 9.47 Å². The Morgan fingerprint density at radius 2 is 2.19 bits per heavy atom. The van der Waals surface area contributed by atoms with Crippen LogP contribution in [0.25, 0.3) is 0 Å². The molecular formula is C13H18O3. The third-order valence-electron chi connectivity index (χ3n) is 5.39. The van der Waals surface area contributed by atoms with Crippen LogP contribution in [0.15, 0.2) is 0 Å². The molecule has 0 spiro atoms. The van der Waals surface area contributed by atoms with Crippen LogP contribution in [0.2, 0.25) is 0 Å². The number of carbonyl (C=O) groups is 1. The topological polar surface area (TPSA) is 38.8 Å². The molecule has 1 heterocycles. The molecule has 3 heteroatoms. The van der Waals surface area contributed by atoms with Crippen LogP contribution < -0.4 is 0 Å². The van der Waals surface area contributed by atoms with Crippen LogP contribution in [0.5, 0.6) is 0 Å². The first kappa shape index (κ1) is 9.46. The van der Waals surface area contributed by atoms with Gasteiger partial charge in [-0.25, -0.2) is 0 Å². The highest BCUT2D eigenvalue weighted by Crippen LogP contribution is 2.65. The maximum absolute atomic E-state index is 10.9. The SMILES string of the molecule is CC(=O)OCC1CC2CC1C1C2CC2OC21. The molecule has 16 heavy (non-hydrogen) atoms. The number of carbonyl (C=O) groups excluding carboxylic acids is 1. The van der Waals surface area contributed by atoms with Crippen LogP contribution in [0.4, 0.5) is 0 Å². The molecule has 3 aliphatic carbocycles. The van der Waals surface area contributed by atoms with Gasteiger partial charge in [0.25, 0.3) is 0 Å². The molecule has 4 fully saturated rings. The number of ether oxygens (including phenoxy) is 2. The minimum Gasteiger partial charge on any atom is -0.466 e. The fourth-order valence-corrected chi connectivity index (χ4v) is 4.86. The number of epoxide rings is 1. The molecule has 2 bridgehead atoms. The number of esters is 1. The summed E-state index contributed by atoms with van der Waals surface area (Å²) in [5, 5.41) is 0. The van der Waals surface area contributed by atoms with Crippen molar-refractivity contribution >= 4 is 5.97 Å². The maximum atomic E-state index is 10.9. The summed E-state index contributed by atoms with van der Waals surface area (Å²) in [6.45, 7) is 2.16. The van der Waals surface area contributed by atoms with Crippen LogP contribution >= 0.6 is 0 Å². The summed E-state index contributed by atoms with van der Waals surface area (Å²) in [4.78, 5) is 10.9. The molecule has 0 amide bonds. The van der Waals surface area contributed by atoms with Gasteiger partial charge in [-0.2, -0.15) is 0 Å². The second-order valence-corrected chi connectivity index (χ2v) is 6.07. The van der Waals surface area contributed by atoms with Crippen molar-refractivity contribution in [2.45, 2.75) is 38.4 Å². The third kappa shape index (κ3) is 1.15. The molecule has 0 N–H and O–H groups in total. The van der Waals surface area contributed by atoms with Crippen molar-refractivity contribution in [3.05, 3.63) is 0 Å². The van der Waals surface area contributed by atoms with Gasteiger partial charge in [0.1, 0.15) is 0 Å². The van der Waals surface area contributed by atoms with Gasteiger partial charge in [0.05, 0.1) is 18.8 Å². The molecule has 88 valence electrons. The highest BCUT2D eigenvalue weighted by atomic mass is 16.6. The van der Waals surface area contributed by atoms with E-state index >= 15 is 0 Å². The molecule has 4 aliphatic rings. The molecule has 0 radical (unpaired) electrons. The minimum absolute atomic E-state index is 0.133. The van der Waals surface area contributed by atoms with Gasteiger partial charge in [0.15, 0.2) is 0 Å². The first-order chi connectivity index (χ1) is 7.74. The Morgan fingerprint density at radius 1 is 1.31 bits per heavy atom. The summed E-state index contributed by atoms with van der Waals surface area (Å²) in [5.74, 6) is 3.94. The molecule has 0 aromatic carbocycles. The summed E-state index contributed by atoms with van der Waals surface area (Å²) >= 11 is 0. The molecule has 7 unspecified atom stereocenters. The average Bonchev–Trinajstić information content (AvgIpc) is 2.64. The highest BCUT2D eigenvalue weighted by molar-refractivity contribution is 5.65. The largest absolute Gasteiger partial charge is 0.466 e. The number of rotatable bonds is 2. The molecule has 1 aliphatic heterocycles. The van der Waals surface area contributed by atoms with Crippen molar-refractivity contribution in [2.75, 3.05) is 6.61 Å². The van der Waals surface area contributed by atoms with Gasteiger partial charge in [-0.05, 0) is 48.9 Å². The Labute approximate surface area is 95.5 Å². The standard InChI is InChI=1S/C13H18O3/c1-6(14)15-5-8-2-7-3-9(8)12-10(7)4-11-13(12)16-11/h7-13H,2-5H2,1H3. The average molecular weight is 222 g/mol. The molecule has 1 saturated heterocycles. The van der Waals surface area contributed by atoms with E-state index in [1.807, 2.05) is 0 Å². The van der Waals surface area contributed by atoms with Crippen LogP contribution in [0.1, 0.15) is 26.2 Å². The van der Waals surface area contributed by atoms with Gasteiger partial charge in [-0.15, -0.1) is 0 Å². The monoisotopic (exact) mass is 222 g/mol. The third-order valence-corrected chi connectivity index (χ3v) is 5.39. The fraction of sp³-hybridized carbons (Fsp3) is 0.923. The Hall–Kier alpha value is -0.570. The van der Waals surface area contributed by atoms with Crippen molar-refractivity contribution in [3.63, 3.8) is 0 Å². The molecule has 0 aromatic heterocycles. The summed E-state index contributed by atoms with van der Waals surface area (Å²) in [6.07, 6.45) is 5.16. The zero-order chi connectivity index (χ0) is 10.9. The Morgan fingerprint density at radius 3 is 3.00 bits per heavy atom. The van der Waals surface area contributed by atoms with E-state index in [-0.39, 0.29) is 5.97 Å². The Balaban J connectivity index is 1.47. The van der Waals surface area contributed by atoms with Gasteiger partial charge in [-0.3, -0.25) is 4.79 Å². The fourth-order valence-electron chi connectivity index (χ4n) is 4.86. The van der Waals surface area contributed by atoms with Crippen molar-refractivity contribution in [1.82, 2.24) is 0 Å². The van der Waals surface area contributed by atoms with E-state index in [4.69, 9.17) is 9.47 Å². The van der Waals surface area contributed by atoms with Crippen LogP contribution in [-0.4, -0.2) is 24.8 Å². The van der Waals surface area contributed by atoms with E-state index in [2.05, 4.69) is 0 Å². The van der Waals surface area contributed by atoms with Crippen LogP contribution in [0, 0.1) is 29.6 Å². The van der Waals surface area contributed by atoms with Crippen molar-refractivity contribution in [3.8, 4) is 0 Å². The smallest absolute Gasteiger partial charge is 0.302 e. The normalized spacial score (nSPS) is 55.9.